The van der Waals surface area contributed by atoms with Gasteiger partial charge in [0.15, 0.2) is 0 Å². The number of hydrogen-bond acceptors (Lipinski definition) is 4. The first-order valence-electron chi connectivity index (χ1n) is 8.84. The Balaban J connectivity index is 1.68. The summed E-state index contributed by atoms with van der Waals surface area (Å²) in [6.45, 7) is 0. The van der Waals surface area contributed by atoms with Crippen molar-refractivity contribution in [3.63, 3.8) is 0 Å². The van der Waals surface area contributed by atoms with Crippen LogP contribution in [0.1, 0.15) is 9.75 Å². The van der Waals surface area contributed by atoms with Gasteiger partial charge in [-0.2, -0.15) is 0 Å². The van der Waals surface area contributed by atoms with Crippen LogP contribution in [0.25, 0.3) is 9.81 Å². The highest BCUT2D eigenvalue weighted by Gasteiger charge is 2.08. The Hall–Kier alpha value is -1.98. The van der Waals surface area contributed by atoms with Gasteiger partial charge in [-0.25, -0.2) is 0 Å². The van der Waals surface area contributed by atoms with Gasteiger partial charge in [0.1, 0.15) is 0 Å². The zero-order valence-corrected chi connectivity index (χ0v) is 18.3. The van der Waals surface area contributed by atoms with Crippen molar-refractivity contribution in [1.29, 1.82) is 0 Å². The first kappa shape index (κ1) is 19.3. The van der Waals surface area contributed by atoms with Crippen molar-refractivity contribution < 1.29 is 0 Å². The number of benzene rings is 2. The van der Waals surface area contributed by atoms with Crippen LogP contribution in [-0.2, 0) is 0 Å². The van der Waals surface area contributed by atoms with Crippen LogP contribution in [0, 0.1) is 0 Å². The van der Waals surface area contributed by atoms with E-state index in [2.05, 4.69) is 108 Å². The summed E-state index contributed by atoms with van der Waals surface area (Å²) >= 11 is 7.19. The number of hydrogen-bond donors (Lipinski definition) is 0. The molecule has 0 aliphatic carbocycles. The molecule has 2 aromatic carbocycles. The standard InChI is InChI=1S/C24H18S4/c1-3-9-19(10-4-1)27-23(21-13-7-17-25-21)15-16-24(22-14-8-18-26-22)28-20-11-5-2-6-12-20/h1-18H/b23-15-,24-16-. The molecule has 2 heterocycles. The predicted molar refractivity (Wildman–Crippen MR) is 129 cm³/mol. The molecule has 0 aliphatic heterocycles. The quantitative estimate of drug-likeness (QED) is 0.210. The third kappa shape index (κ3) is 5.30. The van der Waals surface area contributed by atoms with Gasteiger partial charge in [-0.1, -0.05) is 72.1 Å². The van der Waals surface area contributed by atoms with E-state index < -0.39 is 0 Å². The Kier molecular flexibility index (Phi) is 6.90. The molecule has 0 atom stereocenters. The lowest BCUT2D eigenvalue weighted by atomic mass is 10.3. The maximum absolute atomic E-state index is 2.26. The molecule has 0 saturated carbocycles. The lowest BCUT2D eigenvalue weighted by Crippen LogP contribution is -1.78. The summed E-state index contributed by atoms with van der Waals surface area (Å²) in [5.74, 6) is 0. The zero-order valence-electron chi connectivity index (χ0n) is 15.0. The normalized spacial score (nSPS) is 12.3. The van der Waals surface area contributed by atoms with E-state index in [0.717, 1.165) is 0 Å². The molecule has 0 aliphatic rings. The summed E-state index contributed by atoms with van der Waals surface area (Å²) in [5.41, 5.74) is 0. The van der Waals surface area contributed by atoms with Crippen LogP contribution in [0.5, 0.6) is 0 Å². The molecule has 4 heteroatoms. The molecule has 138 valence electrons. The van der Waals surface area contributed by atoms with Gasteiger partial charge in [-0.15, -0.1) is 22.7 Å². The fourth-order valence-electron chi connectivity index (χ4n) is 2.55. The van der Waals surface area contributed by atoms with Crippen molar-refractivity contribution in [2.75, 3.05) is 0 Å². The molecule has 4 aromatic rings. The van der Waals surface area contributed by atoms with Crippen LogP contribution in [0.2, 0.25) is 0 Å². The molecule has 0 radical (unpaired) electrons. The predicted octanol–water partition coefficient (Wildman–Crippen LogP) is 8.78. The van der Waals surface area contributed by atoms with Crippen molar-refractivity contribution in [2.24, 2.45) is 0 Å². The van der Waals surface area contributed by atoms with Crippen LogP contribution < -0.4 is 0 Å². The van der Waals surface area contributed by atoms with Crippen molar-refractivity contribution in [3.05, 3.63) is 118 Å². The summed E-state index contributed by atoms with van der Waals surface area (Å²) in [5, 5.41) is 4.27. The van der Waals surface area contributed by atoms with Gasteiger partial charge in [0.25, 0.3) is 0 Å². The second-order valence-corrected chi connectivity index (χ2v) is 9.97. The van der Waals surface area contributed by atoms with Crippen LogP contribution >= 0.6 is 46.2 Å². The highest BCUT2D eigenvalue weighted by Crippen LogP contribution is 2.39. The van der Waals surface area contributed by atoms with Gasteiger partial charge in [0.05, 0.1) is 0 Å². The molecule has 0 unspecified atom stereocenters. The van der Waals surface area contributed by atoms with Gasteiger partial charge >= 0.3 is 0 Å². The van der Waals surface area contributed by atoms with E-state index in [1.807, 2.05) is 23.5 Å². The number of allylic oxidation sites excluding steroid dienone is 2. The Labute approximate surface area is 182 Å². The summed E-state index contributed by atoms with van der Waals surface area (Å²) in [6, 6.07) is 29.7. The third-order valence-electron chi connectivity index (χ3n) is 3.86. The summed E-state index contributed by atoms with van der Waals surface area (Å²) in [6.07, 6.45) is 4.52. The highest BCUT2D eigenvalue weighted by molar-refractivity contribution is 8.09. The van der Waals surface area contributed by atoms with E-state index in [0.29, 0.717) is 0 Å². The fraction of sp³-hybridized carbons (Fsp3) is 0. The fourth-order valence-corrected chi connectivity index (χ4v) is 6.09. The smallest absolute Gasteiger partial charge is 0.0409 e. The van der Waals surface area contributed by atoms with E-state index in [1.165, 1.54) is 29.4 Å². The van der Waals surface area contributed by atoms with Gasteiger partial charge in [-0.05, 0) is 59.3 Å². The van der Waals surface area contributed by atoms with Gasteiger partial charge < -0.3 is 0 Å². The van der Waals surface area contributed by atoms with Crippen LogP contribution in [0.3, 0.4) is 0 Å². The molecule has 0 nitrogen and oxygen atoms in total. The van der Waals surface area contributed by atoms with Gasteiger partial charge in [0.2, 0.25) is 0 Å². The molecule has 4 rings (SSSR count). The first-order chi connectivity index (χ1) is 13.9. The van der Waals surface area contributed by atoms with Crippen LogP contribution in [0.15, 0.2) is 118 Å². The Morgan fingerprint density at radius 2 is 0.964 bits per heavy atom. The maximum atomic E-state index is 2.26. The largest absolute Gasteiger partial charge is 0.143 e. The zero-order chi connectivity index (χ0) is 19.0. The first-order valence-corrected chi connectivity index (χ1v) is 12.2. The van der Waals surface area contributed by atoms with Crippen LogP contribution in [-0.4, -0.2) is 0 Å². The maximum Gasteiger partial charge on any atom is 0.0409 e. The van der Waals surface area contributed by atoms with Gasteiger partial charge in [-0.3, -0.25) is 0 Å². The second kappa shape index (κ2) is 9.99. The lowest BCUT2D eigenvalue weighted by Gasteiger charge is -2.07. The highest BCUT2D eigenvalue weighted by atomic mass is 32.2. The molecular formula is C24H18S4. The molecule has 2 aromatic heterocycles. The van der Waals surface area contributed by atoms with E-state index in [9.17, 15) is 0 Å². The second-order valence-electron chi connectivity index (χ2n) is 5.85. The van der Waals surface area contributed by atoms with Crippen molar-refractivity contribution in [3.8, 4) is 0 Å². The lowest BCUT2D eigenvalue weighted by molar-refractivity contribution is 1.47. The molecule has 0 N–H and O–H groups in total. The molecule has 0 spiro atoms. The minimum Gasteiger partial charge on any atom is -0.143 e. The molecule has 0 saturated heterocycles. The number of rotatable bonds is 7. The molecule has 0 amide bonds. The molecule has 0 bridgehead atoms. The Morgan fingerprint density at radius 1 is 0.536 bits per heavy atom. The Morgan fingerprint density at radius 3 is 1.32 bits per heavy atom. The number of thiophene rings is 2. The minimum absolute atomic E-state index is 1.25. The topological polar surface area (TPSA) is 0 Å². The van der Waals surface area contributed by atoms with Crippen LogP contribution in [0.4, 0.5) is 0 Å². The average molecular weight is 435 g/mol. The van der Waals surface area contributed by atoms with E-state index >= 15 is 0 Å². The molecule has 28 heavy (non-hydrogen) atoms. The minimum atomic E-state index is 1.25. The van der Waals surface area contributed by atoms with Gasteiger partial charge in [0, 0.05) is 29.4 Å². The van der Waals surface area contributed by atoms with E-state index in [-0.39, 0.29) is 0 Å². The monoisotopic (exact) mass is 434 g/mol. The van der Waals surface area contributed by atoms with Crippen molar-refractivity contribution >= 4 is 56.0 Å². The summed E-state index contributed by atoms with van der Waals surface area (Å²) in [7, 11) is 0. The average Bonchev–Trinajstić information content (AvgIpc) is 3.46. The number of thioether (sulfide) groups is 2. The Bertz CT molecular complexity index is 941. The molecular weight excluding hydrogens is 417 g/mol. The molecule has 0 fully saturated rings. The van der Waals surface area contributed by atoms with Crippen molar-refractivity contribution in [1.82, 2.24) is 0 Å². The SMILES string of the molecule is C(/C=C(\Sc1ccccc1)c1cccs1)=C(/Sc1ccccc1)c1cccs1. The summed E-state index contributed by atoms with van der Waals surface area (Å²) < 4.78 is 0. The third-order valence-corrected chi connectivity index (χ3v) is 8.09. The van der Waals surface area contributed by atoms with E-state index in [4.69, 9.17) is 0 Å². The van der Waals surface area contributed by atoms with E-state index in [1.54, 1.807) is 22.7 Å². The van der Waals surface area contributed by atoms with Crippen molar-refractivity contribution in [2.45, 2.75) is 9.79 Å². The summed E-state index contributed by atoms with van der Waals surface area (Å²) in [4.78, 5) is 7.63.